The largest absolute Gasteiger partial charge is 0.259 e. The molecule has 6 heteroatoms. The Morgan fingerprint density at radius 2 is 1.68 bits per heavy atom. The third-order valence-electron chi connectivity index (χ3n) is 3.45. The maximum atomic E-state index is 11.4. The van der Waals surface area contributed by atoms with E-state index in [0.29, 0.717) is 0 Å². The minimum Gasteiger partial charge on any atom is -0.259 e. The fourth-order valence-corrected chi connectivity index (χ4v) is 3.27. The second-order valence-electron chi connectivity index (χ2n) is 6.31. The number of pyridine rings is 1. The lowest BCUT2D eigenvalue weighted by molar-refractivity contribution is 0.353. The highest BCUT2D eigenvalue weighted by Crippen LogP contribution is 2.39. The molecule has 0 aliphatic carbocycles. The zero-order valence-corrected chi connectivity index (χ0v) is 15.1. The molecule has 4 nitrogen and oxygen atoms in total. The van der Waals surface area contributed by atoms with Crippen LogP contribution in [0, 0.1) is 5.41 Å². The minimum atomic E-state index is -3.67. The first kappa shape index (κ1) is 17.1. The van der Waals surface area contributed by atoms with Gasteiger partial charge in [0.25, 0.3) is 0 Å². The van der Waals surface area contributed by atoms with Crippen LogP contribution < -0.4 is 5.14 Å². The highest BCUT2D eigenvalue weighted by atomic mass is 79.9. The van der Waals surface area contributed by atoms with Gasteiger partial charge in [0, 0.05) is 22.3 Å². The summed E-state index contributed by atoms with van der Waals surface area (Å²) in [7, 11) is -3.67. The lowest BCUT2D eigenvalue weighted by atomic mass is 9.74. The summed E-state index contributed by atoms with van der Waals surface area (Å²) in [5.41, 5.74) is 1.89. The van der Waals surface area contributed by atoms with E-state index >= 15 is 0 Å². The van der Waals surface area contributed by atoms with Gasteiger partial charge >= 0.3 is 0 Å². The van der Waals surface area contributed by atoms with Crippen LogP contribution in [0.4, 0.5) is 0 Å². The van der Waals surface area contributed by atoms with Gasteiger partial charge in [-0.3, -0.25) is 4.98 Å². The van der Waals surface area contributed by atoms with E-state index in [9.17, 15) is 8.42 Å². The molecule has 0 amide bonds. The predicted molar refractivity (Wildman–Crippen MR) is 91.1 cm³/mol. The summed E-state index contributed by atoms with van der Waals surface area (Å²) in [6, 6.07) is 10.6. The topological polar surface area (TPSA) is 73.1 Å². The Bertz CT molecular complexity index is 748. The van der Waals surface area contributed by atoms with Crippen LogP contribution in [0.5, 0.6) is 0 Å². The SMILES string of the molecule is CC(C)(C)C(c1ccc(S(N)(=O)=O)cc1)c1ccc(Br)cn1. The summed E-state index contributed by atoms with van der Waals surface area (Å²) < 4.78 is 23.7. The fraction of sp³-hybridized carbons (Fsp3) is 0.312. The van der Waals surface area contributed by atoms with Crippen molar-refractivity contribution in [2.45, 2.75) is 31.6 Å². The normalized spacial score (nSPS) is 13.9. The van der Waals surface area contributed by atoms with Crippen LogP contribution in [-0.4, -0.2) is 13.4 Å². The molecule has 0 spiro atoms. The monoisotopic (exact) mass is 382 g/mol. The van der Waals surface area contributed by atoms with Crippen LogP contribution in [0.25, 0.3) is 0 Å². The molecule has 118 valence electrons. The van der Waals surface area contributed by atoms with Crippen molar-refractivity contribution < 1.29 is 8.42 Å². The van der Waals surface area contributed by atoms with Crippen molar-refractivity contribution in [3.63, 3.8) is 0 Å². The molecule has 1 atom stereocenters. The van der Waals surface area contributed by atoms with Crippen LogP contribution >= 0.6 is 15.9 Å². The lowest BCUT2D eigenvalue weighted by Crippen LogP contribution is -2.21. The van der Waals surface area contributed by atoms with Gasteiger partial charge in [-0.15, -0.1) is 0 Å². The lowest BCUT2D eigenvalue weighted by Gasteiger charge is -2.31. The first-order valence-corrected chi connectivity index (χ1v) is 9.17. The van der Waals surface area contributed by atoms with E-state index in [4.69, 9.17) is 5.14 Å². The van der Waals surface area contributed by atoms with Crippen LogP contribution in [0.1, 0.15) is 37.9 Å². The molecule has 22 heavy (non-hydrogen) atoms. The highest BCUT2D eigenvalue weighted by molar-refractivity contribution is 9.10. The van der Waals surface area contributed by atoms with Gasteiger partial charge in [-0.05, 0) is 51.2 Å². The standard InChI is InChI=1S/C16H19BrN2O2S/c1-16(2,3)15(14-9-6-12(17)10-19-14)11-4-7-13(8-5-11)22(18,20)21/h4-10,15H,1-3H3,(H2,18,20,21). The molecule has 0 saturated carbocycles. The van der Waals surface area contributed by atoms with Gasteiger partial charge in [-0.2, -0.15) is 0 Å². The van der Waals surface area contributed by atoms with E-state index < -0.39 is 10.0 Å². The molecule has 0 saturated heterocycles. The van der Waals surface area contributed by atoms with Crippen LogP contribution in [0.15, 0.2) is 52.0 Å². The molecule has 0 fully saturated rings. The number of hydrogen-bond acceptors (Lipinski definition) is 3. The van der Waals surface area contributed by atoms with E-state index in [1.54, 1.807) is 30.5 Å². The van der Waals surface area contributed by atoms with Gasteiger partial charge in [0.05, 0.1) is 4.90 Å². The second kappa shape index (κ2) is 6.10. The Kier molecular flexibility index (Phi) is 4.75. The van der Waals surface area contributed by atoms with Gasteiger partial charge in [0.2, 0.25) is 10.0 Å². The van der Waals surface area contributed by atoms with Crippen molar-refractivity contribution in [3.05, 3.63) is 58.3 Å². The number of rotatable bonds is 3. The van der Waals surface area contributed by atoms with Gasteiger partial charge in [0.1, 0.15) is 0 Å². The molecule has 1 heterocycles. The Labute approximate surface area is 140 Å². The summed E-state index contributed by atoms with van der Waals surface area (Å²) in [5.74, 6) is 0.0510. The third kappa shape index (κ3) is 3.94. The maximum absolute atomic E-state index is 11.4. The highest BCUT2D eigenvalue weighted by Gasteiger charge is 2.29. The van der Waals surface area contributed by atoms with Crippen molar-refractivity contribution in [1.29, 1.82) is 0 Å². The van der Waals surface area contributed by atoms with E-state index in [1.807, 2.05) is 12.1 Å². The van der Waals surface area contributed by atoms with Gasteiger partial charge in [-0.1, -0.05) is 32.9 Å². The average Bonchev–Trinajstić information content (AvgIpc) is 2.39. The number of halogens is 1. The van der Waals surface area contributed by atoms with Crippen molar-refractivity contribution >= 4 is 26.0 Å². The number of hydrogen-bond donors (Lipinski definition) is 1. The number of benzene rings is 1. The molecular formula is C16H19BrN2O2S. The minimum absolute atomic E-state index is 0.0510. The molecule has 1 aromatic heterocycles. The van der Waals surface area contributed by atoms with Crippen molar-refractivity contribution in [3.8, 4) is 0 Å². The van der Waals surface area contributed by atoms with Crippen molar-refractivity contribution in [2.75, 3.05) is 0 Å². The number of nitrogens with two attached hydrogens (primary N) is 1. The number of nitrogens with zero attached hydrogens (tertiary/aromatic N) is 1. The maximum Gasteiger partial charge on any atom is 0.238 e. The molecule has 2 aromatic rings. The quantitative estimate of drug-likeness (QED) is 0.879. The van der Waals surface area contributed by atoms with Crippen LogP contribution in [0.3, 0.4) is 0 Å². The third-order valence-corrected chi connectivity index (χ3v) is 4.85. The van der Waals surface area contributed by atoms with Gasteiger partial charge in [-0.25, -0.2) is 13.6 Å². The van der Waals surface area contributed by atoms with Crippen LogP contribution in [0.2, 0.25) is 0 Å². The zero-order chi connectivity index (χ0) is 16.5. The summed E-state index contributed by atoms with van der Waals surface area (Å²) in [4.78, 5) is 4.62. The van der Waals surface area contributed by atoms with Crippen molar-refractivity contribution in [1.82, 2.24) is 4.98 Å². The molecule has 0 aliphatic heterocycles. The summed E-state index contributed by atoms with van der Waals surface area (Å²) in [5, 5.41) is 5.15. The molecule has 1 aromatic carbocycles. The first-order valence-electron chi connectivity index (χ1n) is 6.83. The Balaban J connectivity index is 2.49. The average molecular weight is 383 g/mol. The summed E-state index contributed by atoms with van der Waals surface area (Å²) in [6.07, 6.45) is 1.77. The van der Waals surface area contributed by atoms with Gasteiger partial charge < -0.3 is 0 Å². The number of sulfonamides is 1. The number of aromatic nitrogens is 1. The molecule has 1 unspecified atom stereocenters. The molecule has 0 bridgehead atoms. The predicted octanol–water partition coefficient (Wildman–Crippen LogP) is 3.67. The van der Waals surface area contributed by atoms with Crippen LogP contribution in [-0.2, 0) is 10.0 Å². The summed E-state index contributed by atoms with van der Waals surface area (Å²) >= 11 is 3.39. The Morgan fingerprint density at radius 3 is 2.09 bits per heavy atom. The van der Waals surface area contributed by atoms with Gasteiger partial charge in [0.15, 0.2) is 0 Å². The number of primary sulfonamides is 1. The second-order valence-corrected chi connectivity index (χ2v) is 8.79. The fourth-order valence-electron chi connectivity index (χ4n) is 2.52. The molecule has 0 radical (unpaired) electrons. The first-order chi connectivity index (χ1) is 10.1. The van der Waals surface area contributed by atoms with Crippen molar-refractivity contribution in [2.24, 2.45) is 10.6 Å². The smallest absolute Gasteiger partial charge is 0.238 e. The van der Waals surface area contributed by atoms with E-state index in [2.05, 4.69) is 41.7 Å². The van der Waals surface area contributed by atoms with E-state index in [1.165, 1.54) is 0 Å². The Morgan fingerprint density at radius 1 is 1.09 bits per heavy atom. The van der Waals surface area contributed by atoms with E-state index in [-0.39, 0.29) is 16.2 Å². The Hall–Kier alpha value is -1.24. The molecule has 2 rings (SSSR count). The molecule has 2 N–H and O–H groups in total. The zero-order valence-electron chi connectivity index (χ0n) is 12.7. The van der Waals surface area contributed by atoms with E-state index in [0.717, 1.165) is 15.7 Å². The molecular weight excluding hydrogens is 364 g/mol. The summed E-state index contributed by atoms with van der Waals surface area (Å²) in [6.45, 7) is 6.40. The molecule has 0 aliphatic rings.